The van der Waals surface area contributed by atoms with Crippen LogP contribution >= 0.6 is 0 Å². The van der Waals surface area contributed by atoms with Crippen LogP contribution in [0.3, 0.4) is 0 Å². The van der Waals surface area contributed by atoms with Gasteiger partial charge >= 0.3 is 0 Å². The predicted octanol–water partition coefficient (Wildman–Crippen LogP) is 4.40. The highest BCUT2D eigenvalue weighted by Gasteiger charge is 2.48. The first-order valence-electron chi connectivity index (χ1n) is 12.8. The number of rotatable bonds is 7. The van der Waals surface area contributed by atoms with E-state index in [0.29, 0.717) is 48.2 Å². The first kappa shape index (κ1) is 24.3. The monoisotopic (exact) mass is 493 g/mol. The number of hydrogen-bond acceptors (Lipinski definition) is 5. The summed E-state index contributed by atoms with van der Waals surface area (Å²) in [6.07, 6.45) is 6.60. The molecule has 1 aromatic carbocycles. The summed E-state index contributed by atoms with van der Waals surface area (Å²) in [5, 5.41) is 3.32. The van der Waals surface area contributed by atoms with E-state index < -0.39 is 5.54 Å². The molecule has 1 fully saturated rings. The number of ether oxygens (including phenoxy) is 2. The van der Waals surface area contributed by atoms with Gasteiger partial charge in [-0.15, -0.1) is 0 Å². The highest BCUT2D eigenvalue weighted by atomic mass is 16.5. The number of furan rings is 1. The van der Waals surface area contributed by atoms with Gasteiger partial charge in [0.15, 0.2) is 17.1 Å². The van der Waals surface area contributed by atoms with Gasteiger partial charge in [-0.2, -0.15) is 0 Å². The molecule has 1 saturated carbocycles. The number of carbonyl (C=O) groups excluding carboxylic acids is 2. The van der Waals surface area contributed by atoms with Crippen molar-refractivity contribution in [2.24, 2.45) is 5.92 Å². The lowest BCUT2D eigenvalue weighted by Crippen LogP contribution is -2.65. The minimum absolute atomic E-state index is 0.0992. The van der Waals surface area contributed by atoms with Gasteiger partial charge < -0.3 is 28.7 Å². The molecule has 3 atom stereocenters. The molecule has 0 spiro atoms. The van der Waals surface area contributed by atoms with Crippen LogP contribution in [0.15, 0.2) is 41.0 Å². The first-order chi connectivity index (χ1) is 17.4. The van der Waals surface area contributed by atoms with E-state index in [2.05, 4.69) is 12.2 Å². The van der Waals surface area contributed by atoms with Crippen LogP contribution < -0.4 is 14.8 Å². The molecule has 2 aliphatic rings. The zero-order valence-electron chi connectivity index (χ0n) is 21.5. The summed E-state index contributed by atoms with van der Waals surface area (Å²) in [4.78, 5) is 29.5. The minimum atomic E-state index is -1.04. The Morgan fingerprint density at radius 3 is 2.67 bits per heavy atom. The van der Waals surface area contributed by atoms with E-state index in [-0.39, 0.29) is 17.9 Å². The standard InChI is InChI=1S/C28H35N3O5/c1-18-7-5-6-8-20(18)29-27(33)28(2)17-30-21-12-14-36-24(21)16-22(30)26(32)31(28)13-11-19-9-10-23(34-3)25(15-19)35-4/h9-10,12,14-16,18,20H,5-8,11,13,17H2,1-4H3,(H,29,33)/t18-,20-,28+/m0/s1. The van der Waals surface area contributed by atoms with Gasteiger partial charge in [-0.05, 0) is 49.8 Å². The molecule has 2 aromatic heterocycles. The van der Waals surface area contributed by atoms with Crippen LogP contribution in [-0.4, -0.2) is 53.6 Å². The van der Waals surface area contributed by atoms with Crippen LogP contribution in [-0.2, 0) is 17.8 Å². The highest BCUT2D eigenvalue weighted by molar-refractivity contribution is 6.03. The Hall–Kier alpha value is -3.42. The number of nitrogens with zero attached hydrogens (tertiary/aromatic N) is 2. The van der Waals surface area contributed by atoms with Gasteiger partial charge in [-0.3, -0.25) is 9.59 Å². The SMILES string of the molecule is COc1ccc(CCN2C(=O)c3cc4occc4n3C[C@]2(C)C(=O)N[C@H]2CCCC[C@@H]2C)cc1OC. The van der Waals surface area contributed by atoms with E-state index in [0.717, 1.165) is 30.3 Å². The molecule has 8 heteroatoms. The smallest absolute Gasteiger partial charge is 0.271 e. The Bertz CT molecular complexity index is 1280. The molecular formula is C28H35N3O5. The number of nitrogens with one attached hydrogen (secondary N) is 1. The molecule has 3 heterocycles. The number of hydrogen-bond donors (Lipinski definition) is 1. The Morgan fingerprint density at radius 2 is 1.92 bits per heavy atom. The number of amides is 2. The normalized spacial score (nSPS) is 24.0. The lowest BCUT2D eigenvalue weighted by molar-refractivity contribution is -0.134. The van der Waals surface area contributed by atoms with E-state index in [9.17, 15) is 9.59 Å². The van der Waals surface area contributed by atoms with E-state index in [1.54, 1.807) is 31.4 Å². The van der Waals surface area contributed by atoms with Crippen molar-refractivity contribution in [1.29, 1.82) is 0 Å². The average Bonchev–Trinajstić information content (AvgIpc) is 3.47. The van der Waals surface area contributed by atoms with Gasteiger partial charge in [0, 0.05) is 24.7 Å². The zero-order chi connectivity index (χ0) is 25.4. The molecule has 2 amide bonds. The third kappa shape index (κ3) is 4.12. The molecule has 0 bridgehead atoms. The quantitative estimate of drug-likeness (QED) is 0.527. The van der Waals surface area contributed by atoms with Crippen molar-refractivity contribution in [2.45, 2.75) is 64.1 Å². The number of benzene rings is 1. The minimum Gasteiger partial charge on any atom is -0.493 e. The maximum absolute atomic E-state index is 13.9. The number of methoxy groups -OCH3 is 2. The van der Waals surface area contributed by atoms with Gasteiger partial charge in [0.2, 0.25) is 5.91 Å². The van der Waals surface area contributed by atoms with E-state index in [1.807, 2.05) is 35.8 Å². The lowest BCUT2D eigenvalue weighted by Gasteiger charge is -2.45. The lowest BCUT2D eigenvalue weighted by atomic mass is 9.85. The molecule has 8 nitrogen and oxygen atoms in total. The van der Waals surface area contributed by atoms with Gasteiger partial charge in [-0.1, -0.05) is 25.8 Å². The van der Waals surface area contributed by atoms with Crippen molar-refractivity contribution in [3.05, 3.63) is 47.9 Å². The third-order valence-electron chi connectivity index (χ3n) is 8.04. The molecule has 0 radical (unpaired) electrons. The third-order valence-corrected chi connectivity index (χ3v) is 8.04. The molecule has 1 N–H and O–H groups in total. The summed E-state index contributed by atoms with van der Waals surface area (Å²) < 4.78 is 18.3. The second kappa shape index (κ2) is 9.56. The van der Waals surface area contributed by atoms with Crippen molar-refractivity contribution in [3.8, 4) is 11.5 Å². The Kier molecular flexibility index (Phi) is 6.45. The van der Waals surface area contributed by atoms with Crippen molar-refractivity contribution in [2.75, 3.05) is 20.8 Å². The molecule has 0 saturated heterocycles. The summed E-state index contributed by atoms with van der Waals surface area (Å²) in [6.45, 7) is 4.85. The predicted molar refractivity (Wildman–Crippen MR) is 136 cm³/mol. The maximum Gasteiger partial charge on any atom is 0.271 e. The molecule has 0 unspecified atom stereocenters. The van der Waals surface area contributed by atoms with Crippen LogP contribution in [0.2, 0.25) is 0 Å². The molecule has 1 aliphatic heterocycles. The summed E-state index contributed by atoms with van der Waals surface area (Å²) in [5.41, 5.74) is 2.00. The maximum atomic E-state index is 13.9. The Balaban J connectivity index is 1.46. The zero-order valence-corrected chi connectivity index (χ0v) is 21.5. The Labute approximate surface area is 211 Å². The van der Waals surface area contributed by atoms with E-state index >= 15 is 0 Å². The fourth-order valence-electron chi connectivity index (χ4n) is 5.75. The van der Waals surface area contributed by atoms with Gasteiger partial charge in [0.05, 0.1) is 32.5 Å². The average molecular weight is 494 g/mol. The van der Waals surface area contributed by atoms with Crippen molar-refractivity contribution in [1.82, 2.24) is 14.8 Å². The fourth-order valence-corrected chi connectivity index (χ4v) is 5.75. The summed E-state index contributed by atoms with van der Waals surface area (Å²) >= 11 is 0. The number of fused-ring (bicyclic) bond motifs is 3. The summed E-state index contributed by atoms with van der Waals surface area (Å²) in [7, 11) is 3.21. The van der Waals surface area contributed by atoms with E-state index in [1.165, 1.54) is 6.42 Å². The van der Waals surface area contributed by atoms with Gasteiger partial charge in [-0.25, -0.2) is 0 Å². The van der Waals surface area contributed by atoms with Crippen LogP contribution in [0, 0.1) is 5.92 Å². The molecule has 5 rings (SSSR count). The highest BCUT2D eigenvalue weighted by Crippen LogP contribution is 2.34. The molecular weight excluding hydrogens is 458 g/mol. The van der Waals surface area contributed by atoms with Gasteiger partial charge in [0.1, 0.15) is 11.2 Å². The van der Waals surface area contributed by atoms with Crippen LogP contribution in [0.4, 0.5) is 0 Å². The molecule has 192 valence electrons. The van der Waals surface area contributed by atoms with E-state index in [4.69, 9.17) is 13.9 Å². The first-order valence-corrected chi connectivity index (χ1v) is 12.8. The molecule has 1 aliphatic carbocycles. The summed E-state index contributed by atoms with van der Waals surface area (Å²) in [5.74, 6) is 1.46. The second-order valence-electron chi connectivity index (χ2n) is 10.3. The largest absolute Gasteiger partial charge is 0.493 e. The van der Waals surface area contributed by atoms with Crippen LogP contribution in [0.25, 0.3) is 11.1 Å². The molecule has 36 heavy (non-hydrogen) atoms. The van der Waals surface area contributed by atoms with Crippen LogP contribution in [0.5, 0.6) is 11.5 Å². The summed E-state index contributed by atoms with van der Waals surface area (Å²) in [6, 6.07) is 9.51. The second-order valence-corrected chi connectivity index (χ2v) is 10.3. The molecule has 3 aromatic rings. The fraction of sp³-hybridized carbons (Fsp3) is 0.500. The van der Waals surface area contributed by atoms with Crippen molar-refractivity contribution in [3.63, 3.8) is 0 Å². The van der Waals surface area contributed by atoms with Crippen molar-refractivity contribution >= 4 is 22.9 Å². The van der Waals surface area contributed by atoms with Crippen LogP contribution in [0.1, 0.15) is 55.6 Å². The van der Waals surface area contributed by atoms with Crippen molar-refractivity contribution < 1.29 is 23.5 Å². The van der Waals surface area contributed by atoms with Gasteiger partial charge in [0.25, 0.3) is 5.91 Å². The Morgan fingerprint density at radius 1 is 1.14 bits per heavy atom. The topological polar surface area (TPSA) is 85.9 Å². The number of aromatic nitrogens is 1. The number of carbonyl (C=O) groups is 2.